The molecule has 0 radical (unpaired) electrons. The number of nitrogens with one attached hydrogen (secondary N) is 1. The zero-order valence-electron chi connectivity index (χ0n) is 13.1. The first-order valence-electron chi connectivity index (χ1n) is 7.40. The Balaban J connectivity index is 2.96. The van der Waals surface area contributed by atoms with Crippen LogP contribution in [0.3, 0.4) is 0 Å². The molecule has 0 saturated carbocycles. The number of benzene rings is 1. The molecule has 1 N–H and O–H groups in total. The summed E-state index contributed by atoms with van der Waals surface area (Å²) in [6.45, 7) is 8.96. The van der Waals surface area contributed by atoms with E-state index in [9.17, 15) is 8.42 Å². The molecule has 0 spiro atoms. The maximum absolute atomic E-state index is 12.1. The van der Waals surface area contributed by atoms with Gasteiger partial charge in [0.25, 0.3) is 0 Å². The molecule has 20 heavy (non-hydrogen) atoms. The van der Waals surface area contributed by atoms with Crippen LogP contribution in [-0.4, -0.2) is 26.5 Å². The summed E-state index contributed by atoms with van der Waals surface area (Å²) in [6, 6.07) is 6.10. The Morgan fingerprint density at radius 2 is 1.80 bits per heavy atom. The van der Waals surface area contributed by atoms with Crippen molar-refractivity contribution < 1.29 is 8.42 Å². The molecule has 0 saturated heterocycles. The van der Waals surface area contributed by atoms with Gasteiger partial charge < -0.3 is 5.32 Å². The number of hydrogen-bond donors (Lipinski definition) is 1. The van der Waals surface area contributed by atoms with Gasteiger partial charge in [-0.1, -0.05) is 32.0 Å². The average molecular weight is 297 g/mol. The van der Waals surface area contributed by atoms with E-state index < -0.39 is 9.84 Å². The second-order valence-electron chi connectivity index (χ2n) is 5.46. The van der Waals surface area contributed by atoms with Gasteiger partial charge in [-0.15, -0.1) is 0 Å². The summed E-state index contributed by atoms with van der Waals surface area (Å²) in [5, 5.41) is 3.37. The molecule has 0 aliphatic heterocycles. The van der Waals surface area contributed by atoms with Gasteiger partial charge in [-0.3, -0.25) is 0 Å². The summed E-state index contributed by atoms with van der Waals surface area (Å²) >= 11 is 0. The smallest absolute Gasteiger partial charge is 0.152 e. The van der Waals surface area contributed by atoms with Gasteiger partial charge in [0.2, 0.25) is 0 Å². The number of sulfone groups is 1. The van der Waals surface area contributed by atoms with E-state index in [1.54, 1.807) is 0 Å². The highest BCUT2D eigenvalue weighted by Crippen LogP contribution is 2.19. The molecular formula is C16H27NO2S. The van der Waals surface area contributed by atoms with Crippen molar-refractivity contribution in [2.45, 2.75) is 46.6 Å². The first-order chi connectivity index (χ1) is 9.39. The van der Waals surface area contributed by atoms with E-state index in [1.165, 1.54) is 11.1 Å². The Bertz CT molecular complexity index is 523. The minimum absolute atomic E-state index is 0.106. The fourth-order valence-corrected chi connectivity index (χ4v) is 3.83. The molecule has 0 amide bonds. The predicted molar refractivity (Wildman–Crippen MR) is 85.9 cm³/mol. The van der Waals surface area contributed by atoms with Crippen molar-refractivity contribution in [1.82, 2.24) is 5.32 Å². The van der Waals surface area contributed by atoms with Crippen molar-refractivity contribution in [1.29, 1.82) is 0 Å². The van der Waals surface area contributed by atoms with Crippen LogP contribution < -0.4 is 5.32 Å². The molecule has 1 rings (SSSR count). The lowest BCUT2D eigenvalue weighted by Gasteiger charge is -2.20. The van der Waals surface area contributed by atoms with Gasteiger partial charge in [0.15, 0.2) is 9.84 Å². The van der Waals surface area contributed by atoms with E-state index in [0.717, 1.165) is 18.5 Å². The summed E-state index contributed by atoms with van der Waals surface area (Å²) in [5.41, 5.74) is 3.51. The Morgan fingerprint density at radius 1 is 1.10 bits per heavy atom. The second-order valence-corrected chi connectivity index (χ2v) is 7.69. The summed E-state index contributed by atoms with van der Waals surface area (Å²) in [6.07, 6.45) is 1.67. The zero-order chi connectivity index (χ0) is 15.2. The fraction of sp³-hybridized carbons (Fsp3) is 0.625. The summed E-state index contributed by atoms with van der Waals surface area (Å²) in [7, 11) is -2.99. The zero-order valence-corrected chi connectivity index (χ0v) is 13.9. The van der Waals surface area contributed by atoms with Crippen molar-refractivity contribution >= 4 is 9.84 Å². The quantitative estimate of drug-likeness (QED) is 0.801. The van der Waals surface area contributed by atoms with Gasteiger partial charge in [-0.05, 0) is 49.9 Å². The van der Waals surface area contributed by atoms with Crippen LogP contribution in [-0.2, 0) is 9.84 Å². The molecule has 0 heterocycles. The third-order valence-corrected chi connectivity index (χ3v) is 5.38. The monoisotopic (exact) mass is 297 g/mol. The first-order valence-corrected chi connectivity index (χ1v) is 9.22. The molecule has 1 aromatic carbocycles. The molecule has 0 aliphatic rings. The molecule has 0 bridgehead atoms. The molecule has 114 valence electrons. The summed E-state index contributed by atoms with van der Waals surface area (Å²) < 4.78 is 24.2. The predicted octanol–water partition coefficient (Wildman–Crippen LogP) is 3.17. The van der Waals surface area contributed by atoms with Gasteiger partial charge in [-0.25, -0.2) is 8.42 Å². The number of rotatable bonds is 8. The highest BCUT2D eigenvalue weighted by atomic mass is 32.2. The topological polar surface area (TPSA) is 46.2 Å². The Morgan fingerprint density at radius 3 is 2.35 bits per heavy atom. The maximum Gasteiger partial charge on any atom is 0.152 e. The largest absolute Gasteiger partial charge is 0.309 e. The highest BCUT2D eigenvalue weighted by Gasteiger charge is 2.20. The van der Waals surface area contributed by atoms with Crippen molar-refractivity contribution in [3.05, 3.63) is 34.9 Å². The third-order valence-electron chi connectivity index (χ3n) is 3.51. The third kappa shape index (κ3) is 5.25. The molecule has 0 aliphatic carbocycles. The Labute approximate surface area is 123 Å². The maximum atomic E-state index is 12.1. The summed E-state index contributed by atoms with van der Waals surface area (Å²) in [5.74, 6) is 0.450. The highest BCUT2D eigenvalue weighted by molar-refractivity contribution is 7.91. The van der Waals surface area contributed by atoms with E-state index >= 15 is 0 Å². The van der Waals surface area contributed by atoms with E-state index in [1.807, 2.05) is 13.0 Å². The summed E-state index contributed by atoms with van der Waals surface area (Å²) in [4.78, 5) is 0. The fourth-order valence-electron chi connectivity index (χ4n) is 2.22. The van der Waals surface area contributed by atoms with Crippen LogP contribution in [0.4, 0.5) is 0 Å². The molecule has 4 heteroatoms. The standard InChI is InChI=1S/C16H27NO2S/c1-5-9-17-16(12-20(18,19)10-6-2)15-8-7-13(3)14(4)11-15/h7-8,11,16-17H,5-6,9-10,12H2,1-4H3. The Kier molecular flexibility index (Phi) is 6.69. The molecule has 0 aromatic heterocycles. The van der Waals surface area contributed by atoms with Crippen molar-refractivity contribution in [2.75, 3.05) is 18.1 Å². The van der Waals surface area contributed by atoms with Crippen molar-refractivity contribution in [3.8, 4) is 0 Å². The van der Waals surface area contributed by atoms with Gasteiger partial charge in [0.05, 0.1) is 5.75 Å². The molecular weight excluding hydrogens is 270 g/mol. The SMILES string of the molecule is CCCNC(CS(=O)(=O)CCC)c1ccc(C)c(C)c1. The van der Waals surface area contributed by atoms with E-state index in [-0.39, 0.29) is 17.5 Å². The molecule has 1 atom stereocenters. The number of hydrogen-bond acceptors (Lipinski definition) is 3. The molecule has 1 unspecified atom stereocenters. The van der Waals surface area contributed by atoms with Crippen LogP contribution in [0.15, 0.2) is 18.2 Å². The van der Waals surface area contributed by atoms with Crippen LogP contribution in [0.25, 0.3) is 0 Å². The van der Waals surface area contributed by atoms with Gasteiger partial charge in [0.1, 0.15) is 0 Å². The molecule has 1 aromatic rings. The normalized spacial score (nSPS) is 13.4. The minimum atomic E-state index is -2.99. The lowest BCUT2D eigenvalue weighted by atomic mass is 10.0. The van der Waals surface area contributed by atoms with E-state index in [4.69, 9.17) is 0 Å². The van der Waals surface area contributed by atoms with Gasteiger partial charge >= 0.3 is 0 Å². The van der Waals surface area contributed by atoms with Crippen LogP contribution in [0.1, 0.15) is 49.4 Å². The molecule has 3 nitrogen and oxygen atoms in total. The minimum Gasteiger partial charge on any atom is -0.309 e. The van der Waals surface area contributed by atoms with Crippen molar-refractivity contribution in [3.63, 3.8) is 0 Å². The van der Waals surface area contributed by atoms with Crippen LogP contribution in [0.5, 0.6) is 0 Å². The van der Waals surface area contributed by atoms with E-state index in [0.29, 0.717) is 6.42 Å². The van der Waals surface area contributed by atoms with Crippen LogP contribution in [0.2, 0.25) is 0 Å². The molecule has 0 fully saturated rings. The second kappa shape index (κ2) is 7.79. The van der Waals surface area contributed by atoms with Gasteiger partial charge in [0, 0.05) is 11.8 Å². The van der Waals surface area contributed by atoms with Crippen molar-refractivity contribution in [2.24, 2.45) is 0 Å². The first kappa shape index (κ1) is 17.2. The average Bonchev–Trinajstić information content (AvgIpc) is 2.37. The van der Waals surface area contributed by atoms with E-state index in [2.05, 4.69) is 38.2 Å². The van der Waals surface area contributed by atoms with Crippen LogP contribution in [0, 0.1) is 13.8 Å². The van der Waals surface area contributed by atoms with Gasteiger partial charge in [-0.2, -0.15) is 0 Å². The Hall–Kier alpha value is -0.870. The lowest BCUT2D eigenvalue weighted by molar-refractivity contribution is 0.545. The lowest BCUT2D eigenvalue weighted by Crippen LogP contribution is -2.30. The number of aryl methyl sites for hydroxylation is 2. The van der Waals surface area contributed by atoms with Crippen LogP contribution >= 0.6 is 0 Å².